The molecule has 92 valence electrons. The number of carbonyl (C=O) groups excluding carboxylic acids is 1. The number of hydrogen-bond acceptors (Lipinski definition) is 3. The molecule has 0 aliphatic heterocycles. The van der Waals surface area contributed by atoms with E-state index in [0.717, 1.165) is 21.8 Å². The summed E-state index contributed by atoms with van der Waals surface area (Å²) in [6.07, 6.45) is 0.836. The average molecular weight is 279 g/mol. The Labute approximate surface area is 115 Å². The Kier molecular flexibility index (Phi) is 4.28. The first-order valence-electron chi connectivity index (χ1n) is 5.29. The van der Waals surface area contributed by atoms with Crippen molar-refractivity contribution in [3.8, 4) is 5.75 Å². The van der Waals surface area contributed by atoms with Gasteiger partial charge in [0.2, 0.25) is 0 Å². The van der Waals surface area contributed by atoms with Crippen molar-refractivity contribution >= 4 is 29.6 Å². The molecule has 0 aliphatic rings. The van der Waals surface area contributed by atoms with Gasteiger partial charge in [-0.3, -0.25) is 4.79 Å². The van der Waals surface area contributed by atoms with E-state index in [4.69, 9.17) is 16.3 Å². The van der Waals surface area contributed by atoms with Crippen LogP contribution in [0.2, 0.25) is 5.02 Å². The van der Waals surface area contributed by atoms with E-state index in [1.54, 1.807) is 25.3 Å². The highest BCUT2D eigenvalue weighted by Gasteiger charge is 2.05. The van der Waals surface area contributed by atoms with Gasteiger partial charge >= 0.3 is 0 Å². The molecule has 2 aromatic carbocycles. The van der Waals surface area contributed by atoms with Gasteiger partial charge in [0, 0.05) is 20.4 Å². The van der Waals surface area contributed by atoms with Gasteiger partial charge in [-0.2, -0.15) is 0 Å². The average Bonchev–Trinajstić information content (AvgIpc) is 2.40. The molecule has 4 heteroatoms. The van der Waals surface area contributed by atoms with Crippen LogP contribution < -0.4 is 4.74 Å². The lowest BCUT2D eigenvalue weighted by Gasteiger charge is -2.06. The van der Waals surface area contributed by atoms with Gasteiger partial charge in [-0.15, -0.1) is 0 Å². The molecule has 0 fully saturated rings. The van der Waals surface area contributed by atoms with E-state index in [2.05, 4.69) is 0 Å². The van der Waals surface area contributed by atoms with Crippen LogP contribution in [0.1, 0.15) is 10.4 Å². The van der Waals surface area contributed by atoms with Crippen LogP contribution in [0, 0.1) is 0 Å². The molecule has 2 aromatic rings. The number of ether oxygens (including phenoxy) is 1. The quantitative estimate of drug-likeness (QED) is 0.780. The van der Waals surface area contributed by atoms with Crippen LogP contribution in [0.15, 0.2) is 52.3 Å². The molecule has 0 unspecified atom stereocenters. The Morgan fingerprint density at radius 2 is 1.89 bits per heavy atom. The van der Waals surface area contributed by atoms with Gasteiger partial charge in [-0.25, -0.2) is 0 Å². The zero-order valence-electron chi connectivity index (χ0n) is 9.72. The van der Waals surface area contributed by atoms with Crippen LogP contribution in [-0.2, 0) is 0 Å². The summed E-state index contributed by atoms with van der Waals surface area (Å²) in [6.45, 7) is 0. The fourth-order valence-electron chi connectivity index (χ4n) is 1.46. The van der Waals surface area contributed by atoms with E-state index < -0.39 is 0 Å². The first-order valence-corrected chi connectivity index (χ1v) is 6.49. The van der Waals surface area contributed by atoms with Gasteiger partial charge in [0.25, 0.3) is 0 Å². The number of rotatable bonds is 4. The monoisotopic (exact) mass is 278 g/mol. The molecule has 2 rings (SSSR count). The highest BCUT2D eigenvalue weighted by atomic mass is 35.5. The molecule has 0 heterocycles. The van der Waals surface area contributed by atoms with Gasteiger partial charge < -0.3 is 4.74 Å². The van der Waals surface area contributed by atoms with Crippen molar-refractivity contribution in [3.05, 3.63) is 53.1 Å². The van der Waals surface area contributed by atoms with Gasteiger partial charge in [-0.1, -0.05) is 23.4 Å². The molecule has 0 amide bonds. The number of methoxy groups -OCH3 is 1. The van der Waals surface area contributed by atoms with Crippen LogP contribution in [0.5, 0.6) is 5.75 Å². The second kappa shape index (κ2) is 5.94. The van der Waals surface area contributed by atoms with E-state index in [-0.39, 0.29) is 0 Å². The normalized spacial score (nSPS) is 10.1. The van der Waals surface area contributed by atoms with Gasteiger partial charge in [-0.05, 0) is 42.5 Å². The minimum atomic E-state index is 0.622. The van der Waals surface area contributed by atoms with Crippen molar-refractivity contribution < 1.29 is 9.53 Å². The fourth-order valence-corrected chi connectivity index (χ4v) is 2.65. The summed E-state index contributed by atoms with van der Waals surface area (Å²) in [7, 11) is 1.63. The molecule has 2 nitrogen and oxygen atoms in total. The van der Waals surface area contributed by atoms with Crippen molar-refractivity contribution in [2.75, 3.05) is 7.11 Å². The van der Waals surface area contributed by atoms with Gasteiger partial charge in [0.1, 0.15) is 5.75 Å². The smallest absolute Gasteiger partial charge is 0.151 e. The summed E-state index contributed by atoms with van der Waals surface area (Å²) in [6, 6.07) is 12.9. The van der Waals surface area contributed by atoms with Gasteiger partial charge in [0.05, 0.1) is 7.11 Å². The third-order valence-electron chi connectivity index (χ3n) is 2.39. The molecular weight excluding hydrogens is 268 g/mol. The third kappa shape index (κ3) is 3.06. The highest BCUT2D eigenvalue weighted by molar-refractivity contribution is 7.99. The second-order valence-electron chi connectivity index (χ2n) is 3.58. The standard InChI is InChI=1S/C14H11ClO2S/c1-17-12-4-6-13(7-5-12)18-14-8-11(15)3-2-10(14)9-16/h2-9H,1H3. The molecule has 0 bridgehead atoms. The Morgan fingerprint density at radius 1 is 1.17 bits per heavy atom. The van der Waals surface area contributed by atoms with Crippen molar-refractivity contribution in [2.45, 2.75) is 9.79 Å². The molecule has 0 saturated carbocycles. The summed E-state index contributed by atoms with van der Waals surface area (Å²) in [5.41, 5.74) is 0.639. The predicted octanol–water partition coefficient (Wildman–Crippen LogP) is 4.31. The molecule has 0 N–H and O–H groups in total. The SMILES string of the molecule is COc1ccc(Sc2cc(Cl)ccc2C=O)cc1. The first-order chi connectivity index (χ1) is 8.72. The zero-order valence-corrected chi connectivity index (χ0v) is 11.3. The largest absolute Gasteiger partial charge is 0.497 e. The Morgan fingerprint density at radius 3 is 2.50 bits per heavy atom. The van der Waals surface area contributed by atoms with Crippen LogP contribution in [-0.4, -0.2) is 13.4 Å². The zero-order chi connectivity index (χ0) is 13.0. The summed E-state index contributed by atoms with van der Waals surface area (Å²) in [4.78, 5) is 12.8. The number of benzene rings is 2. The second-order valence-corrected chi connectivity index (χ2v) is 5.13. The van der Waals surface area contributed by atoms with E-state index >= 15 is 0 Å². The third-order valence-corrected chi connectivity index (χ3v) is 3.71. The van der Waals surface area contributed by atoms with Crippen LogP contribution in [0.3, 0.4) is 0 Å². The lowest BCUT2D eigenvalue weighted by molar-refractivity contribution is 0.112. The van der Waals surface area contributed by atoms with Crippen LogP contribution in [0.4, 0.5) is 0 Å². The minimum Gasteiger partial charge on any atom is -0.497 e. The number of aldehydes is 1. The maximum Gasteiger partial charge on any atom is 0.151 e. The van der Waals surface area contributed by atoms with Gasteiger partial charge in [0.15, 0.2) is 6.29 Å². The Balaban J connectivity index is 2.27. The molecule has 0 saturated heterocycles. The Hall–Kier alpha value is -1.45. The van der Waals surface area contributed by atoms with Crippen molar-refractivity contribution in [1.29, 1.82) is 0 Å². The molecule has 0 aromatic heterocycles. The molecule has 0 radical (unpaired) electrons. The minimum absolute atomic E-state index is 0.622. The summed E-state index contributed by atoms with van der Waals surface area (Å²) in [5, 5.41) is 0.622. The Bertz CT molecular complexity index is 552. The summed E-state index contributed by atoms with van der Waals surface area (Å²) < 4.78 is 5.10. The van der Waals surface area contributed by atoms with Crippen molar-refractivity contribution in [1.82, 2.24) is 0 Å². The number of carbonyl (C=O) groups is 1. The predicted molar refractivity (Wildman–Crippen MR) is 74.0 cm³/mol. The van der Waals surface area contributed by atoms with E-state index in [1.165, 1.54) is 11.8 Å². The van der Waals surface area contributed by atoms with E-state index in [0.29, 0.717) is 10.6 Å². The van der Waals surface area contributed by atoms with E-state index in [9.17, 15) is 4.79 Å². The lowest BCUT2D eigenvalue weighted by atomic mass is 10.2. The summed E-state index contributed by atoms with van der Waals surface area (Å²) in [5.74, 6) is 0.807. The van der Waals surface area contributed by atoms with Crippen molar-refractivity contribution in [3.63, 3.8) is 0 Å². The fraction of sp³-hybridized carbons (Fsp3) is 0.0714. The maximum absolute atomic E-state index is 11.0. The van der Waals surface area contributed by atoms with E-state index in [1.807, 2.05) is 24.3 Å². The highest BCUT2D eigenvalue weighted by Crippen LogP contribution is 2.32. The van der Waals surface area contributed by atoms with Crippen LogP contribution in [0.25, 0.3) is 0 Å². The number of halogens is 1. The maximum atomic E-state index is 11.0. The first kappa shape index (κ1) is 13.0. The molecule has 18 heavy (non-hydrogen) atoms. The molecule has 0 spiro atoms. The molecular formula is C14H11ClO2S. The lowest BCUT2D eigenvalue weighted by Crippen LogP contribution is -1.85. The molecule has 0 atom stereocenters. The van der Waals surface area contributed by atoms with Crippen molar-refractivity contribution in [2.24, 2.45) is 0 Å². The number of hydrogen-bond donors (Lipinski definition) is 0. The summed E-state index contributed by atoms with van der Waals surface area (Å²) >= 11 is 7.44. The molecule has 0 aliphatic carbocycles. The van der Waals surface area contributed by atoms with Crippen LogP contribution >= 0.6 is 23.4 Å². The topological polar surface area (TPSA) is 26.3 Å².